The highest BCUT2D eigenvalue weighted by atomic mass is 16.3. The van der Waals surface area contributed by atoms with Crippen LogP contribution in [0.3, 0.4) is 0 Å². The molecule has 0 atom stereocenters. The maximum absolute atomic E-state index is 8.82. The Morgan fingerprint density at radius 1 is 1.62 bits per heavy atom. The van der Waals surface area contributed by atoms with Crippen molar-refractivity contribution in [3.63, 3.8) is 0 Å². The van der Waals surface area contributed by atoms with E-state index in [2.05, 4.69) is 18.9 Å². The number of aromatic nitrogens is 2. The van der Waals surface area contributed by atoms with E-state index in [4.69, 9.17) is 10.8 Å². The van der Waals surface area contributed by atoms with E-state index in [9.17, 15) is 0 Å². The van der Waals surface area contributed by atoms with Gasteiger partial charge < -0.3 is 10.8 Å². The van der Waals surface area contributed by atoms with Gasteiger partial charge in [0.15, 0.2) is 0 Å². The SMILES string of the molecule is CC(C)CCn1nc(CO)cc1N. The lowest BCUT2D eigenvalue weighted by Gasteiger charge is -2.05. The second kappa shape index (κ2) is 4.28. The number of aliphatic hydroxyl groups excluding tert-OH is 1. The molecule has 0 amide bonds. The van der Waals surface area contributed by atoms with Crippen LogP contribution in [0.15, 0.2) is 6.07 Å². The number of hydrogen-bond acceptors (Lipinski definition) is 3. The quantitative estimate of drug-likeness (QED) is 0.732. The Kier molecular flexibility index (Phi) is 3.31. The van der Waals surface area contributed by atoms with E-state index in [1.54, 1.807) is 10.7 Å². The summed E-state index contributed by atoms with van der Waals surface area (Å²) in [5, 5.41) is 13.0. The van der Waals surface area contributed by atoms with E-state index in [0.29, 0.717) is 17.4 Å². The van der Waals surface area contributed by atoms with Gasteiger partial charge in [0.2, 0.25) is 0 Å². The standard InChI is InChI=1S/C9H17N3O/c1-7(2)3-4-12-9(10)5-8(6-13)11-12/h5,7,13H,3-4,6,10H2,1-2H3. The smallest absolute Gasteiger partial charge is 0.122 e. The fraction of sp³-hybridized carbons (Fsp3) is 0.667. The average Bonchev–Trinajstić information content (AvgIpc) is 2.43. The van der Waals surface area contributed by atoms with Gasteiger partial charge in [-0.1, -0.05) is 13.8 Å². The summed E-state index contributed by atoms with van der Waals surface area (Å²) in [5.74, 6) is 1.27. The number of aliphatic hydroxyl groups is 1. The van der Waals surface area contributed by atoms with Gasteiger partial charge >= 0.3 is 0 Å². The topological polar surface area (TPSA) is 64.1 Å². The van der Waals surface area contributed by atoms with Crippen LogP contribution in [-0.2, 0) is 13.2 Å². The van der Waals surface area contributed by atoms with E-state index in [1.807, 2.05) is 0 Å². The number of nitrogens with two attached hydrogens (primary N) is 1. The molecule has 4 nitrogen and oxygen atoms in total. The summed E-state index contributed by atoms with van der Waals surface area (Å²) in [6.07, 6.45) is 1.05. The zero-order chi connectivity index (χ0) is 9.84. The Balaban J connectivity index is 2.60. The third kappa shape index (κ3) is 2.73. The van der Waals surface area contributed by atoms with Crippen molar-refractivity contribution in [2.75, 3.05) is 5.73 Å². The molecule has 3 N–H and O–H groups in total. The normalized spacial score (nSPS) is 11.1. The van der Waals surface area contributed by atoms with Crippen LogP contribution in [0, 0.1) is 5.92 Å². The van der Waals surface area contributed by atoms with Gasteiger partial charge in [0.1, 0.15) is 5.82 Å². The highest BCUT2D eigenvalue weighted by Crippen LogP contribution is 2.09. The average molecular weight is 183 g/mol. The molecule has 0 saturated carbocycles. The van der Waals surface area contributed by atoms with Crippen LogP contribution in [0.2, 0.25) is 0 Å². The summed E-state index contributed by atoms with van der Waals surface area (Å²) < 4.78 is 1.74. The van der Waals surface area contributed by atoms with E-state index >= 15 is 0 Å². The van der Waals surface area contributed by atoms with Crippen LogP contribution in [0.5, 0.6) is 0 Å². The van der Waals surface area contributed by atoms with E-state index < -0.39 is 0 Å². The fourth-order valence-electron chi connectivity index (χ4n) is 1.12. The van der Waals surface area contributed by atoms with Gasteiger partial charge in [0, 0.05) is 12.6 Å². The first-order chi connectivity index (χ1) is 6.13. The van der Waals surface area contributed by atoms with Gasteiger partial charge in [0.25, 0.3) is 0 Å². The molecule has 1 rings (SSSR count). The van der Waals surface area contributed by atoms with Crippen molar-refractivity contribution in [2.45, 2.75) is 33.4 Å². The summed E-state index contributed by atoms with van der Waals surface area (Å²) in [4.78, 5) is 0. The van der Waals surface area contributed by atoms with Crippen LogP contribution >= 0.6 is 0 Å². The zero-order valence-corrected chi connectivity index (χ0v) is 8.20. The number of anilines is 1. The van der Waals surface area contributed by atoms with Crippen molar-refractivity contribution in [2.24, 2.45) is 5.92 Å². The third-order valence-electron chi connectivity index (χ3n) is 1.94. The molecule has 1 aromatic rings. The van der Waals surface area contributed by atoms with Crippen LogP contribution in [0.4, 0.5) is 5.82 Å². The van der Waals surface area contributed by atoms with E-state index in [-0.39, 0.29) is 6.61 Å². The van der Waals surface area contributed by atoms with Crippen molar-refractivity contribution in [3.05, 3.63) is 11.8 Å². The summed E-state index contributed by atoms with van der Waals surface area (Å²) in [6.45, 7) is 5.10. The molecule has 0 aliphatic rings. The maximum atomic E-state index is 8.82. The second-order valence-electron chi connectivity index (χ2n) is 3.62. The van der Waals surface area contributed by atoms with E-state index in [1.165, 1.54) is 0 Å². The molecule has 0 radical (unpaired) electrons. The van der Waals surface area contributed by atoms with Gasteiger partial charge in [-0.3, -0.25) is 0 Å². The molecule has 0 fully saturated rings. The van der Waals surface area contributed by atoms with Crippen molar-refractivity contribution in [3.8, 4) is 0 Å². The lowest BCUT2D eigenvalue weighted by molar-refractivity contribution is 0.275. The molecule has 1 heterocycles. The number of nitrogen functional groups attached to an aromatic ring is 1. The minimum atomic E-state index is -0.0428. The van der Waals surface area contributed by atoms with Gasteiger partial charge in [-0.2, -0.15) is 5.10 Å². The highest BCUT2D eigenvalue weighted by Gasteiger charge is 2.04. The zero-order valence-electron chi connectivity index (χ0n) is 8.20. The lowest BCUT2D eigenvalue weighted by Crippen LogP contribution is -2.06. The number of nitrogens with zero attached hydrogens (tertiary/aromatic N) is 2. The van der Waals surface area contributed by atoms with Crippen LogP contribution in [-0.4, -0.2) is 14.9 Å². The molecule has 1 aromatic heterocycles. The largest absolute Gasteiger partial charge is 0.390 e. The molecule has 0 unspecified atom stereocenters. The van der Waals surface area contributed by atoms with Crippen LogP contribution in [0.25, 0.3) is 0 Å². The second-order valence-corrected chi connectivity index (χ2v) is 3.62. The Morgan fingerprint density at radius 2 is 2.31 bits per heavy atom. The molecular formula is C9H17N3O. The van der Waals surface area contributed by atoms with Gasteiger partial charge in [-0.05, 0) is 12.3 Å². The summed E-state index contributed by atoms with van der Waals surface area (Å²) in [6, 6.07) is 1.71. The molecule has 0 saturated heterocycles. The molecule has 0 aromatic carbocycles. The Morgan fingerprint density at radius 3 is 2.77 bits per heavy atom. The number of aryl methyl sites for hydroxylation is 1. The molecule has 0 aliphatic heterocycles. The van der Waals surface area contributed by atoms with Crippen LogP contribution in [0.1, 0.15) is 26.0 Å². The van der Waals surface area contributed by atoms with Crippen LogP contribution < -0.4 is 5.73 Å². The van der Waals surface area contributed by atoms with Gasteiger partial charge in [-0.15, -0.1) is 0 Å². The molecule has 0 spiro atoms. The summed E-state index contributed by atoms with van der Waals surface area (Å²) >= 11 is 0. The minimum Gasteiger partial charge on any atom is -0.390 e. The number of rotatable bonds is 4. The first kappa shape index (κ1) is 10.1. The van der Waals surface area contributed by atoms with Crippen molar-refractivity contribution in [1.29, 1.82) is 0 Å². The predicted molar refractivity (Wildman–Crippen MR) is 52.0 cm³/mol. The summed E-state index contributed by atoms with van der Waals surface area (Å²) in [5.41, 5.74) is 6.33. The first-order valence-corrected chi connectivity index (χ1v) is 4.56. The van der Waals surface area contributed by atoms with Crippen molar-refractivity contribution < 1.29 is 5.11 Å². The first-order valence-electron chi connectivity index (χ1n) is 4.56. The van der Waals surface area contributed by atoms with Crippen molar-refractivity contribution >= 4 is 5.82 Å². The van der Waals surface area contributed by atoms with Gasteiger partial charge in [0.05, 0.1) is 12.3 Å². The number of hydrogen-bond donors (Lipinski definition) is 2. The Labute approximate surface area is 78.4 Å². The lowest BCUT2D eigenvalue weighted by atomic mass is 10.1. The molecule has 0 aliphatic carbocycles. The Hall–Kier alpha value is -1.03. The predicted octanol–water partition coefficient (Wildman–Crippen LogP) is 1.00. The molecule has 4 heteroatoms. The maximum Gasteiger partial charge on any atom is 0.122 e. The third-order valence-corrected chi connectivity index (χ3v) is 1.94. The van der Waals surface area contributed by atoms with E-state index in [0.717, 1.165) is 13.0 Å². The Bertz CT molecular complexity index is 268. The molecule has 0 bridgehead atoms. The molecular weight excluding hydrogens is 166 g/mol. The summed E-state index contributed by atoms with van der Waals surface area (Å²) in [7, 11) is 0. The highest BCUT2D eigenvalue weighted by molar-refractivity contribution is 5.30. The molecule has 74 valence electrons. The monoisotopic (exact) mass is 183 g/mol. The van der Waals surface area contributed by atoms with Crippen molar-refractivity contribution in [1.82, 2.24) is 9.78 Å². The van der Waals surface area contributed by atoms with Gasteiger partial charge in [-0.25, -0.2) is 4.68 Å². The fourth-order valence-corrected chi connectivity index (χ4v) is 1.12. The molecule has 13 heavy (non-hydrogen) atoms. The minimum absolute atomic E-state index is 0.0428.